The summed E-state index contributed by atoms with van der Waals surface area (Å²) in [5.74, 6) is 0. The van der Waals surface area contributed by atoms with Crippen LogP contribution in [0.1, 0.15) is 5.01 Å². The zero-order chi connectivity index (χ0) is 12.5. The van der Waals surface area contributed by atoms with Gasteiger partial charge in [-0.05, 0) is 25.1 Å². The maximum absolute atomic E-state index is 11.8. The Morgan fingerprint density at radius 1 is 1.47 bits per heavy atom. The first kappa shape index (κ1) is 12.4. The summed E-state index contributed by atoms with van der Waals surface area (Å²) in [6, 6.07) is 4.87. The second-order valence-corrected chi connectivity index (χ2v) is 6.44. The molecule has 0 saturated heterocycles. The summed E-state index contributed by atoms with van der Waals surface area (Å²) in [6.45, 7) is 1.85. The number of aryl methyl sites for hydroxylation is 1. The van der Waals surface area contributed by atoms with Gasteiger partial charge in [0.05, 0.1) is 20.1 Å². The predicted molar refractivity (Wildman–Crippen MR) is 66.6 cm³/mol. The molecule has 0 radical (unpaired) electrons. The topological polar surface area (TPSA) is 68.3 Å². The minimum absolute atomic E-state index is 0.0396. The van der Waals surface area contributed by atoms with E-state index < -0.39 is 10.0 Å². The number of ether oxygens (including phenoxy) is 1. The molecule has 0 bridgehead atoms. The number of fused-ring (bicyclic) bond motifs is 1. The van der Waals surface area contributed by atoms with Crippen molar-refractivity contribution in [3.63, 3.8) is 0 Å². The summed E-state index contributed by atoms with van der Waals surface area (Å²) in [5, 5.41) is 0.916. The number of benzene rings is 1. The van der Waals surface area contributed by atoms with Crippen molar-refractivity contribution in [2.24, 2.45) is 0 Å². The van der Waals surface area contributed by atoms with Crippen molar-refractivity contribution in [3.8, 4) is 0 Å². The van der Waals surface area contributed by atoms with Gasteiger partial charge in [0.25, 0.3) is 0 Å². The fourth-order valence-electron chi connectivity index (χ4n) is 1.41. The van der Waals surface area contributed by atoms with Crippen molar-refractivity contribution < 1.29 is 13.2 Å². The highest BCUT2D eigenvalue weighted by molar-refractivity contribution is 7.89. The summed E-state index contributed by atoms with van der Waals surface area (Å²) in [4.78, 5) is 4.50. The lowest BCUT2D eigenvalue weighted by molar-refractivity contribution is 0.194. The fourth-order valence-corrected chi connectivity index (χ4v) is 3.31. The largest absolute Gasteiger partial charge is 0.369 e. The van der Waals surface area contributed by atoms with E-state index in [9.17, 15) is 8.42 Å². The van der Waals surface area contributed by atoms with E-state index in [1.807, 2.05) is 6.92 Å². The van der Waals surface area contributed by atoms with E-state index in [0.717, 1.165) is 15.2 Å². The van der Waals surface area contributed by atoms with Crippen molar-refractivity contribution in [1.29, 1.82) is 0 Å². The molecule has 17 heavy (non-hydrogen) atoms. The molecule has 0 aliphatic heterocycles. The molecule has 0 fully saturated rings. The van der Waals surface area contributed by atoms with Crippen LogP contribution in [0.25, 0.3) is 10.2 Å². The number of nitrogens with one attached hydrogen (secondary N) is 1. The van der Waals surface area contributed by atoms with Gasteiger partial charge in [-0.3, -0.25) is 0 Å². The quantitative estimate of drug-likeness (QED) is 0.856. The lowest BCUT2D eigenvalue weighted by Gasteiger charge is -2.05. The molecule has 7 heteroatoms. The average Bonchev–Trinajstić information content (AvgIpc) is 2.65. The van der Waals surface area contributed by atoms with Gasteiger partial charge in [0, 0.05) is 7.11 Å². The first-order chi connectivity index (χ1) is 8.03. The first-order valence-corrected chi connectivity index (χ1v) is 7.19. The van der Waals surface area contributed by atoms with E-state index in [0.29, 0.717) is 0 Å². The molecule has 0 aliphatic rings. The van der Waals surface area contributed by atoms with Crippen LogP contribution in [0.3, 0.4) is 0 Å². The van der Waals surface area contributed by atoms with Crippen molar-refractivity contribution in [2.45, 2.75) is 11.8 Å². The molecule has 0 spiro atoms. The monoisotopic (exact) mass is 272 g/mol. The van der Waals surface area contributed by atoms with E-state index in [1.165, 1.54) is 18.4 Å². The number of nitrogens with zero attached hydrogens (tertiary/aromatic N) is 1. The molecule has 5 nitrogen and oxygen atoms in total. The zero-order valence-electron chi connectivity index (χ0n) is 9.43. The lowest BCUT2D eigenvalue weighted by atomic mass is 10.3. The van der Waals surface area contributed by atoms with E-state index in [-0.39, 0.29) is 11.6 Å². The molecule has 1 aromatic heterocycles. The molecule has 0 amide bonds. The zero-order valence-corrected chi connectivity index (χ0v) is 11.1. The molecule has 0 unspecified atom stereocenters. The number of hydrogen-bond donors (Lipinski definition) is 1. The van der Waals surface area contributed by atoms with Crippen molar-refractivity contribution in [3.05, 3.63) is 23.2 Å². The van der Waals surface area contributed by atoms with Gasteiger partial charge in [-0.25, -0.2) is 13.4 Å². The van der Waals surface area contributed by atoms with Crippen LogP contribution in [0.15, 0.2) is 23.1 Å². The number of hydrogen-bond acceptors (Lipinski definition) is 5. The van der Waals surface area contributed by atoms with Crippen LogP contribution in [0.4, 0.5) is 0 Å². The summed E-state index contributed by atoms with van der Waals surface area (Å²) >= 11 is 1.47. The van der Waals surface area contributed by atoms with Crippen LogP contribution in [0, 0.1) is 6.92 Å². The highest BCUT2D eigenvalue weighted by Gasteiger charge is 2.14. The third-order valence-corrected chi connectivity index (χ3v) is 4.48. The molecule has 1 heterocycles. The Kier molecular flexibility index (Phi) is 3.43. The molecular formula is C10H12N2O3S2. The number of aromatic nitrogens is 1. The van der Waals surface area contributed by atoms with E-state index in [1.54, 1.807) is 18.2 Å². The molecule has 1 aromatic carbocycles. The highest BCUT2D eigenvalue weighted by atomic mass is 32.2. The Bertz CT molecular complexity index is 634. The molecule has 0 saturated carbocycles. The van der Waals surface area contributed by atoms with Gasteiger partial charge < -0.3 is 4.74 Å². The van der Waals surface area contributed by atoms with Crippen LogP contribution in [0.5, 0.6) is 0 Å². The summed E-state index contributed by atoms with van der Waals surface area (Å²) in [5.41, 5.74) is 0.818. The van der Waals surface area contributed by atoms with Gasteiger partial charge in [-0.2, -0.15) is 4.72 Å². The number of rotatable bonds is 4. The second-order valence-electron chi connectivity index (χ2n) is 3.44. The third kappa shape index (κ3) is 2.63. The van der Waals surface area contributed by atoms with Crippen molar-refractivity contribution in [1.82, 2.24) is 9.71 Å². The van der Waals surface area contributed by atoms with Crippen molar-refractivity contribution in [2.75, 3.05) is 13.8 Å². The average molecular weight is 272 g/mol. The number of sulfonamides is 1. The predicted octanol–water partition coefficient (Wildman–Crippen LogP) is 1.49. The third-order valence-electron chi connectivity index (χ3n) is 2.17. The molecule has 92 valence electrons. The van der Waals surface area contributed by atoms with Gasteiger partial charge in [0.1, 0.15) is 6.73 Å². The molecule has 0 atom stereocenters. The number of thiazole rings is 1. The smallest absolute Gasteiger partial charge is 0.242 e. The van der Waals surface area contributed by atoms with Crippen LogP contribution in [0.2, 0.25) is 0 Å². The second kappa shape index (κ2) is 4.69. The fraction of sp³-hybridized carbons (Fsp3) is 0.300. The maximum Gasteiger partial charge on any atom is 0.242 e. The molecule has 2 rings (SSSR count). The molecule has 0 aliphatic carbocycles. The van der Waals surface area contributed by atoms with Crippen molar-refractivity contribution >= 4 is 31.6 Å². The Hall–Kier alpha value is -1.02. The van der Waals surface area contributed by atoms with Crippen LogP contribution >= 0.6 is 11.3 Å². The van der Waals surface area contributed by atoms with Gasteiger partial charge in [0.15, 0.2) is 0 Å². The van der Waals surface area contributed by atoms with Crippen LogP contribution in [-0.4, -0.2) is 27.2 Å². The molecular weight excluding hydrogens is 260 g/mol. The summed E-state index contributed by atoms with van der Waals surface area (Å²) in [7, 11) is -2.07. The van der Waals surface area contributed by atoms with Crippen LogP contribution < -0.4 is 4.72 Å². The standard InChI is InChI=1S/C10H12N2O3S2/c1-7-12-9-4-3-8(5-10(9)16-7)17(13,14)11-6-15-2/h3-5,11H,6H2,1-2H3. The first-order valence-electron chi connectivity index (χ1n) is 4.89. The van der Waals surface area contributed by atoms with E-state index in [2.05, 4.69) is 9.71 Å². The Morgan fingerprint density at radius 3 is 2.94 bits per heavy atom. The minimum Gasteiger partial charge on any atom is -0.369 e. The summed E-state index contributed by atoms with van der Waals surface area (Å²) < 4.78 is 31.6. The Labute approximate surface area is 103 Å². The van der Waals surface area contributed by atoms with E-state index >= 15 is 0 Å². The number of methoxy groups -OCH3 is 1. The SMILES string of the molecule is COCNS(=O)(=O)c1ccc2nc(C)sc2c1. The maximum atomic E-state index is 11.8. The minimum atomic E-state index is -3.50. The van der Waals surface area contributed by atoms with E-state index in [4.69, 9.17) is 4.74 Å². The Balaban J connectivity index is 2.42. The summed E-state index contributed by atoms with van der Waals surface area (Å²) in [6.07, 6.45) is 0. The molecule has 2 aromatic rings. The Morgan fingerprint density at radius 2 is 2.24 bits per heavy atom. The van der Waals surface area contributed by atoms with Gasteiger partial charge in [-0.15, -0.1) is 11.3 Å². The lowest BCUT2D eigenvalue weighted by Crippen LogP contribution is -2.25. The van der Waals surface area contributed by atoms with Gasteiger partial charge in [-0.1, -0.05) is 0 Å². The highest BCUT2D eigenvalue weighted by Crippen LogP contribution is 2.24. The van der Waals surface area contributed by atoms with Crippen LogP contribution in [-0.2, 0) is 14.8 Å². The van der Waals surface area contributed by atoms with Gasteiger partial charge in [0.2, 0.25) is 10.0 Å². The van der Waals surface area contributed by atoms with Gasteiger partial charge >= 0.3 is 0 Å². The normalized spacial score (nSPS) is 12.1. The molecule has 1 N–H and O–H groups in total.